The first-order valence-corrected chi connectivity index (χ1v) is 13.8. The molecule has 30 nitrogen and oxygen atoms in total. The second-order valence-electron chi connectivity index (χ2n) is 9.98. The summed E-state index contributed by atoms with van der Waals surface area (Å²) in [5, 5.41) is 214. The fraction of sp³-hybridized carbons (Fsp3) is 0.833. The molecule has 16 atom stereocenters. The maximum absolute atomic E-state index is 9.98. The van der Waals surface area contributed by atoms with E-state index in [4.69, 9.17) is 102 Å². The molecule has 0 bridgehead atoms. The van der Waals surface area contributed by atoms with Crippen LogP contribution < -0.4 is 20.4 Å². The van der Waals surface area contributed by atoms with Crippen molar-refractivity contribution < 1.29 is 170 Å². The van der Waals surface area contributed by atoms with Gasteiger partial charge in [0.25, 0.3) is 0 Å². The maximum Gasteiger partial charge on any atom is 2.00 e. The second-order valence-corrected chi connectivity index (χ2v) is 9.98. The van der Waals surface area contributed by atoms with Gasteiger partial charge in [-0.2, -0.15) is 0 Å². The average Bonchev–Trinajstić information content (AvgIpc) is 3.12. The van der Waals surface area contributed by atoms with Gasteiger partial charge in [-0.1, -0.05) is 0 Å². The van der Waals surface area contributed by atoms with Gasteiger partial charge in [-0.25, -0.2) is 0 Å². The van der Waals surface area contributed by atoms with Gasteiger partial charge in [-0.3, -0.25) is 0 Å². The third-order valence-corrected chi connectivity index (χ3v) is 5.98. The Balaban J connectivity index is -0.0000000748. The number of aliphatic hydroxyl groups is 20. The molecule has 0 aliphatic heterocycles. The van der Waals surface area contributed by atoms with Crippen molar-refractivity contribution in [3.63, 3.8) is 0 Å². The van der Waals surface area contributed by atoms with Crippen LogP contribution in [0.3, 0.4) is 0 Å². The van der Waals surface area contributed by atoms with Crippen LogP contribution in [0.5, 0.6) is 0 Å². The van der Waals surface area contributed by atoms with E-state index in [9.17, 15) is 39.6 Å². The van der Waals surface area contributed by atoms with Crippen LogP contribution in [-0.2, 0) is 47.2 Å². The summed E-state index contributed by atoms with van der Waals surface area (Å²) in [5.74, 6) is -7.90. The number of hydrogen-bond donors (Lipinski definition) is 20. The van der Waals surface area contributed by atoms with Crippen molar-refractivity contribution in [3.05, 3.63) is 0 Å². The average molecular weight is 956 g/mol. The number of carbonyl (C=O) groups excluding carboxylic acids is 4. The normalized spacial score (nSPS) is 18.6. The van der Waals surface area contributed by atoms with Crippen LogP contribution >= 0.6 is 0 Å². The standard InChI is InChI=1S/4C6H12O7.2Ca.Cu.2O/c4*7-1-2(8)3(9)4(10)5(11)6(12)13;;;;;/h4*2-5,7-11H,1H2,(H,12,13);;;;;/q;;;;3*+2;2*-1/p-4/t4*2-,3-,4+,5-;;;;;/m1111...../s1. The first-order chi connectivity index (χ1) is 23.7. The van der Waals surface area contributed by atoms with Gasteiger partial charge in [0.2, 0.25) is 0 Å². The molecule has 0 aliphatic carbocycles. The third kappa shape index (κ3) is 31.5. The molecule has 0 heterocycles. The molecule has 0 rings (SSSR count). The molecule has 0 fully saturated rings. The largest absolute Gasteiger partial charge is 2.00 e. The van der Waals surface area contributed by atoms with Crippen molar-refractivity contribution in [2.45, 2.75) is 97.7 Å². The Hall–Kier alpha value is 0.0390. The molecule has 20 N–H and O–H groups in total. The summed E-state index contributed by atoms with van der Waals surface area (Å²) in [5.41, 5.74) is 0. The number of carboxylic acids is 4. The van der Waals surface area contributed by atoms with Crippen molar-refractivity contribution in [1.82, 2.24) is 0 Å². The molecule has 0 spiro atoms. The minimum atomic E-state index is -2.31. The van der Waals surface area contributed by atoms with Gasteiger partial charge in [0.05, 0.1) is 50.3 Å². The molecular weight excluding hydrogens is 912 g/mol. The molecule has 0 saturated carbocycles. The van der Waals surface area contributed by atoms with Crippen LogP contribution in [0.4, 0.5) is 0 Å². The van der Waals surface area contributed by atoms with Crippen molar-refractivity contribution in [2.24, 2.45) is 0 Å². The van der Waals surface area contributed by atoms with E-state index in [0.29, 0.717) is 0 Å². The van der Waals surface area contributed by atoms with E-state index in [2.05, 4.69) is 0 Å². The Labute approximate surface area is 390 Å². The van der Waals surface area contributed by atoms with Crippen molar-refractivity contribution in [1.29, 1.82) is 0 Å². The number of carboxylic acid groups (broad SMARTS) is 4. The third-order valence-electron chi connectivity index (χ3n) is 5.98. The van der Waals surface area contributed by atoms with E-state index < -0.39 is 148 Å². The first kappa shape index (κ1) is 77.6. The molecule has 0 saturated heterocycles. The van der Waals surface area contributed by atoms with Gasteiger partial charge < -0.3 is 153 Å². The van der Waals surface area contributed by atoms with Gasteiger partial charge in [0.1, 0.15) is 97.7 Å². The van der Waals surface area contributed by atoms with E-state index in [-0.39, 0.29) is 103 Å². The van der Waals surface area contributed by atoms with Crippen molar-refractivity contribution in [3.8, 4) is 0 Å². The number of carbonyl (C=O) groups is 4. The summed E-state index contributed by atoms with van der Waals surface area (Å²) in [4.78, 5) is 39.9. The Kier molecular flexibility index (Phi) is 56.4. The zero-order valence-electron chi connectivity index (χ0n) is 28.8. The Morgan fingerprint density at radius 1 is 0.316 bits per heavy atom. The van der Waals surface area contributed by atoms with Crippen LogP contribution in [0, 0.1) is 0 Å². The SMILES string of the molecule is O=C([O-])[C@H](O)[C@@H](O)[C@H](O)[C@H](O)CO.O=C([O-])[C@H](O)[C@@H](O)[C@H](O)[C@H](O)CO.O=C([O-])[C@H](O)[C@@H](O)[C@H](O)[C@H](O)CO.O=C([O-])[C@H](O)[C@@H](O)[C@H](O)[C@H](O)CO.[Ca+2].[Ca+2].[Cu+2].[O-].[O-]. The molecule has 33 heteroatoms. The van der Waals surface area contributed by atoms with Crippen molar-refractivity contribution >= 4 is 99.4 Å². The number of aliphatic hydroxyl groups excluding tert-OH is 20. The molecule has 57 heavy (non-hydrogen) atoms. The molecule has 0 aliphatic rings. The van der Waals surface area contributed by atoms with Crippen LogP contribution in [0.1, 0.15) is 0 Å². The van der Waals surface area contributed by atoms with Gasteiger partial charge in [0.15, 0.2) is 0 Å². The zero-order chi connectivity index (χ0) is 42.4. The van der Waals surface area contributed by atoms with Crippen LogP contribution in [0.2, 0.25) is 0 Å². The minimum absolute atomic E-state index is 0. The Morgan fingerprint density at radius 2 is 0.421 bits per heavy atom. The van der Waals surface area contributed by atoms with E-state index in [1.807, 2.05) is 0 Å². The van der Waals surface area contributed by atoms with E-state index in [1.165, 1.54) is 0 Å². The smallest absolute Gasteiger partial charge is 1.00 e. The molecular formula is C24H44Ca2CuO30. The van der Waals surface area contributed by atoms with Gasteiger partial charge in [-0.05, 0) is 0 Å². The van der Waals surface area contributed by atoms with Crippen molar-refractivity contribution in [2.75, 3.05) is 26.4 Å². The summed E-state index contributed by atoms with van der Waals surface area (Å²) in [7, 11) is 0. The number of aliphatic carboxylic acids is 4. The molecule has 3 radical (unpaired) electrons. The van der Waals surface area contributed by atoms with Crippen LogP contribution in [0.25, 0.3) is 0 Å². The fourth-order valence-electron chi connectivity index (χ4n) is 2.65. The Bertz CT molecular complexity index is 855. The van der Waals surface area contributed by atoms with Gasteiger partial charge >= 0.3 is 92.5 Å². The van der Waals surface area contributed by atoms with Crippen LogP contribution in [-0.4, -0.2) is 326 Å². The molecule has 0 aromatic heterocycles. The van der Waals surface area contributed by atoms with Gasteiger partial charge in [-0.15, -0.1) is 0 Å². The molecule has 335 valence electrons. The zero-order valence-corrected chi connectivity index (χ0v) is 34.2. The second kappa shape index (κ2) is 41.4. The van der Waals surface area contributed by atoms with Gasteiger partial charge in [0, 0.05) is 0 Å². The predicted molar refractivity (Wildman–Crippen MR) is 157 cm³/mol. The number of hydrogen-bond acceptors (Lipinski definition) is 30. The fourth-order valence-corrected chi connectivity index (χ4v) is 2.65. The first-order valence-electron chi connectivity index (χ1n) is 13.8. The van der Waals surface area contributed by atoms with E-state index in [0.717, 1.165) is 0 Å². The summed E-state index contributed by atoms with van der Waals surface area (Å²) < 4.78 is 0. The molecule has 0 unspecified atom stereocenters. The summed E-state index contributed by atoms with van der Waals surface area (Å²) in [6.45, 7) is -3.45. The quantitative estimate of drug-likeness (QED) is 0.0504. The molecule has 0 aromatic rings. The van der Waals surface area contributed by atoms with E-state index in [1.54, 1.807) is 0 Å². The predicted octanol–water partition coefficient (Wildman–Crippen LogP) is -20.3. The summed E-state index contributed by atoms with van der Waals surface area (Å²) in [6.07, 6.45) is -32.3. The molecule has 0 amide bonds. The topological polar surface area (TPSA) is 622 Å². The van der Waals surface area contributed by atoms with E-state index >= 15 is 0 Å². The Morgan fingerprint density at radius 3 is 0.491 bits per heavy atom. The summed E-state index contributed by atoms with van der Waals surface area (Å²) in [6, 6.07) is 0. The maximum atomic E-state index is 9.98. The van der Waals surface area contributed by atoms with Crippen LogP contribution in [0.15, 0.2) is 0 Å². The summed E-state index contributed by atoms with van der Waals surface area (Å²) >= 11 is 0. The number of rotatable bonds is 20. The monoisotopic (exact) mass is 955 g/mol. The molecule has 0 aromatic carbocycles. The minimum Gasteiger partial charge on any atom is -1.00 e.